The molecule has 1 aromatic carbocycles. The summed E-state index contributed by atoms with van der Waals surface area (Å²) in [5.41, 5.74) is 2.24. The van der Waals surface area contributed by atoms with Gasteiger partial charge in [-0.25, -0.2) is 4.98 Å². The third-order valence-electron chi connectivity index (χ3n) is 4.12. The zero-order chi connectivity index (χ0) is 17.6. The second kappa shape index (κ2) is 7.88. The van der Waals surface area contributed by atoms with E-state index in [2.05, 4.69) is 26.7 Å². The molecule has 1 atom stereocenters. The first kappa shape index (κ1) is 17.1. The highest BCUT2D eigenvalue weighted by atomic mass is 16.5. The molecule has 2 heterocycles. The Morgan fingerprint density at radius 2 is 2.04 bits per heavy atom. The first-order chi connectivity index (χ1) is 12.2. The van der Waals surface area contributed by atoms with E-state index >= 15 is 0 Å². The second-order valence-corrected chi connectivity index (χ2v) is 6.24. The van der Waals surface area contributed by atoms with Gasteiger partial charge in [-0.15, -0.1) is 0 Å². The molecule has 0 aliphatic carbocycles. The van der Waals surface area contributed by atoms with Crippen molar-refractivity contribution < 1.29 is 4.74 Å². The fourth-order valence-electron chi connectivity index (χ4n) is 2.79. The van der Waals surface area contributed by atoms with E-state index in [-0.39, 0.29) is 6.10 Å². The summed E-state index contributed by atoms with van der Waals surface area (Å²) in [5, 5.41) is 6.63. The summed E-state index contributed by atoms with van der Waals surface area (Å²) in [6, 6.07) is 14.2. The molecule has 0 radical (unpaired) electrons. The molecule has 3 rings (SSSR count). The molecule has 25 heavy (non-hydrogen) atoms. The number of anilines is 1. The van der Waals surface area contributed by atoms with E-state index in [1.807, 2.05) is 55.4 Å². The number of benzene rings is 1. The minimum atomic E-state index is 0.131. The summed E-state index contributed by atoms with van der Waals surface area (Å²) in [5.74, 6) is 2.68. The topological polar surface area (TPSA) is 61.8 Å². The molecular formula is C19H25N5O. The number of rotatable bonds is 5. The van der Waals surface area contributed by atoms with Crippen LogP contribution in [-0.4, -0.2) is 44.7 Å². The number of fused-ring (bicyclic) bond motifs is 1. The molecule has 1 aliphatic rings. The van der Waals surface area contributed by atoms with E-state index < -0.39 is 0 Å². The van der Waals surface area contributed by atoms with Gasteiger partial charge in [-0.1, -0.05) is 24.3 Å². The minimum absolute atomic E-state index is 0.131. The SMILES string of the molecule is CN=C(NCc1cccc(N(C)C)n1)NCC1Cc2ccccc2O1. The maximum Gasteiger partial charge on any atom is 0.191 e. The van der Waals surface area contributed by atoms with Gasteiger partial charge >= 0.3 is 0 Å². The van der Waals surface area contributed by atoms with Gasteiger partial charge < -0.3 is 20.3 Å². The van der Waals surface area contributed by atoms with Crippen LogP contribution in [0, 0.1) is 0 Å². The molecule has 0 bridgehead atoms. The average Bonchev–Trinajstić information content (AvgIpc) is 3.05. The summed E-state index contributed by atoms with van der Waals surface area (Å²) in [4.78, 5) is 10.9. The Labute approximate surface area is 148 Å². The van der Waals surface area contributed by atoms with E-state index in [0.29, 0.717) is 13.1 Å². The zero-order valence-electron chi connectivity index (χ0n) is 15.0. The number of hydrogen-bond donors (Lipinski definition) is 2. The molecule has 1 aliphatic heterocycles. The lowest BCUT2D eigenvalue weighted by molar-refractivity contribution is 0.235. The second-order valence-electron chi connectivity index (χ2n) is 6.24. The number of nitrogens with one attached hydrogen (secondary N) is 2. The van der Waals surface area contributed by atoms with Gasteiger partial charge in [0, 0.05) is 27.6 Å². The maximum absolute atomic E-state index is 5.94. The molecule has 0 saturated carbocycles. The van der Waals surface area contributed by atoms with Crippen LogP contribution < -0.4 is 20.3 Å². The third-order valence-corrected chi connectivity index (χ3v) is 4.12. The molecule has 0 spiro atoms. The molecule has 1 aromatic heterocycles. The van der Waals surface area contributed by atoms with Crippen molar-refractivity contribution in [2.45, 2.75) is 19.1 Å². The van der Waals surface area contributed by atoms with Crippen molar-refractivity contribution in [3.8, 4) is 5.75 Å². The van der Waals surface area contributed by atoms with E-state index in [0.717, 1.165) is 29.6 Å². The smallest absolute Gasteiger partial charge is 0.191 e. The van der Waals surface area contributed by atoms with Crippen LogP contribution >= 0.6 is 0 Å². The monoisotopic (exact) mass is 339 g/mol. The molecule has 2 N–H and O–H groups in total. The molecule has 1 unspecified atom stereocenters. The largest absolute Gasteiger partial charge is 0.488 e. The van der Waals surface area contributed by atoms with Crippen molar-refractivity contribution in [2.24, 2.45) is 4.99 Å². The summed E-state index contributed by atoms with van der Waals surface area (Å²) < 4.78 is 5.94. The Hall–Kier alpha value is -2.76. The number of para-hydroxylation sites is 1. The highest BCUT2D eigenvalue weighted by Crippen LogP contribution is 2.27. The quantitative estimate of drug-likeness (QED) is 0.643. The lowest BCUT2D eigenvalue weighted by Gasteiger charge is -2.16. The first-order valence-corrected chi connectivity index (χ1v) is 8.48. The molecule has 6 nitrogen and oxygen atoms in total. The van der Waals surface area contributed by atoms with Crippen LogP contribution in [0.25, 0.3) is 0 Å². The molecule has 132 valence electrons. The number of nitrogens with zero attached hydrogens (tertiary/aromatic N) is 3. The predicted molar refractivity (Wildman–Crippen MR) is 101 cm³/mol. The number of pyridine rings is 1. The molecular weight excluding hydrogens is 314 g/mol. The summed E-state index contributed by atoms with van der Waals surface area (Å²) >= 11 is 0. The van der Waals surface area contributed by atoms with Gasteiger partial charge in [-0.2, -0.15) is 0 Å². The lowest BCUT2D eigenvalue weighted by Crippen LogP contribution is -2.42. The third kappa shape index (κ3) is 4.41. The van der Waals surface area contributed by atoms with Crippen LogP contribution in [0.2, 0.25) is 0 Å². The van der Waals surface area contributed by atoms with Crippen molar-refractivity contribution in [3.05, 3.63) is 53.7 Å². The molecule has 2 aromatic rings. The zero-order valence-corrected chi connectivity index (χ0v) is 15.0. The van der Waals surface area contributed by atoms with Gasteiger partial charge in [0.1, 0.15) is 17.7 Å². The van der Waals surface area contributed by atoms with Crippen LogP contribution in [-0.2, 0) is 13.0 Å². The van der Waals surface area contributed by atoms with E-state index in [1.54, 1.807) is 7.05 Å². The van der Waals surface area contributed by atoms with E-state index in [4.69, 9.17) is 4.74 Å². The highest BCUT2D eigenvalue weighted by molar-refractivity contribution is 5.79. The first-order valence-electron chi connectivity index (χ1n) is 8.48. The fraction of sp³-hybridized carbons (Fsp3) is 0.368. The van der Waals surface area contributed by atoms with Gasteiger partial charge in [-0.05, 0) is 23.8 Å². The minimum Gasteiger partial charge on any atom is -0.488 e. The number of aromatic nitrogens is 1. The average molecular weight is 339 g/mol. The molecule has 0 amide bonds. The Morgan fingerprint density at radius 3 is 2.80 bits per heavy atom. The van der Waals surface area contributed by atoms with Crippen molar-refractivity contribution >= 4 is 11.8 Å². The Balaban J connectivity index is 1.48. The van der Waals surface area contributed by atoms with Gasteiger partial charge in [0.05, 0.1) is 18.8 Å². The van der Waals surface area contributed by atoms with Crippen LogP contribution in [0.4, 0.5) is 5.82 Å². The Kier molecular flexibility index (Phi) is 5.38. The molecule has 6 heteroatoms. The normalized spacial score (nSPS) is 16.1. The predicted octanol–water partition coefficient (Wildman–Crippen LogP) is 1.82. The number of guanidine groups is 1. The molecule has 0 saturated heterocycles. The summed E-state index contributed by atoms with van der Waals surface area (Å²) in [7, 11) is 5.74. The Morgan fingerprint density at radius 1 is 1.20 bits per heavy atom. The van der Waals surface area contributed by atoms with Crippen molar-refractivity contribution in [1.29, 1.82) is 0 Å². The van der Waals surface area contributed by atoms with Crippen LogP contribution in [0.1, 0.15) is 11.3 Å². The van der Waals surface area contributed by atoms with Crippen molar-refractivity contribution in [3.63, 3.8) is 0 Å². The van der Waals surface area contributed by atoms with Crippen LogP contribution in [0.5, 0.6) is 5.75 Å². The maximum atomic E-state index is 5.94. The van der Waals surface area contributed by atoms with Crippen LogP contribution in [0.15, 0.2) is 47.5 Å². The van der Waals surface area contributed by atoms with Crippen molar-refractivity contribution in [1.82, 2.24) is 15.6 Å². The number of hydrogen-bond acceptors (Lipinski definition) is 4. The van der Waals surface area contributed by atoms with Gasteiger partial charge in [0.25, 0.3) is 0 Å². The fourth-order valence-corrected chi connectivity index (χ4v) is 2.79. The van der Waals surface area contributed by atoms with Gasteiger partial charge in [0.2, 0.25) is 0 Å². The Bertz CT molecular complexity index is 719. The van der Waals surface area contributed by atoms with Crippen molar-refractivity contribution in [2.75, 3.05) is 32.6 Å². The van der Waals surface area contributed by atoms with E-state index in [9.17, 15) is 0 Å². The summed E-state index contributed by atoms with van der Waals surface area (Å²) in [6.07, 6.45) is 1.05. The van der Waals surface area contributed by atoms with Crippen LogP contribution in [0.3, 0.4) is 0 Å². The van der Waals surface area contributed by atoms with E-state index in [1.165, 1.54) is 5.56 Å². The summed E-state index contributed by atoms with van der Waals surface area (Å²) in [6.45, 7) is 1.33. The standard InChI is InChI=1S/C19H25N5O/c1-20-19(21-12-15-8-6-10-18(23-15)24(2)3)22-13-16-11-14-7-4-5-9-17(14)25-16/h4-10,16H,11-13H2,1-3H3,(H2,20,21,22). The lowest BCUT2D eigenvalue weighted by atomic mass is 10.1. The van der Waals surface area contributed by atoms with Gasteiger partial charge in [0.15, 0.2) is 5.96 Å². The van der Waals surface area contributed by atoms with Gasteiger partial charge in [-0.3, -0.25) is 4.99 Å². The number of ether oxygens (including phenoxy) is 1. The molecule has 0 fully saturated rings. The highest BCUT2D eigenvalue weighted by Gasteiger charge is 2.22. The number of aliphatic imine (C=N–C) groups is 1.